The average molecular weight is 734 g/mol. The molecule has 12 aromatic rings. The average Bonchev–Trinajstić information content (AvgIpc) is 3.96. The summed E-state index contributed by atoms with van der Waals surface area (Å²) >= 11 is 1.82. The van der Waals surface area contributed by atoms with Crippen LogP contribution < -0.4 is 4.90 Å². The molecule has 4 heteroatoms. The van der Waals surface area contributed by atoms with Crippen molar-refractivity contribution in [2.75, 3.05) is 4.90 Å². The predicted octanol–water partition coefficient (Wildman–Crippen LogP) is 15.8. The third kappa shape index (κ3) is 4.70. The number of rotatable bonds is 5. The summed E-state index contributed by atoms with van der Waals surface area (Å²) in [6.07, 6.45) is 0. The lowest BCUT2D eigenvalue weighted by atomic mass is 9.98. The molecule has 12 rings (SSSR count). The molecule has 0 spiro atoms. The van der Waals surface area contributed by atoms with Crippen LogP contribution in [0.25, 0.3) is 97.1 Å². The lowest BCUT2D eigenvalue weighted by Crippen LogP contribution is -2.10. The molecule has 0 saturated heterocycles. The van der Waals surface area contributed by atoms with Crippen molar-refractivity contribution in [3.8, 4) is 22.3 Å². The molecule has 3 heterocycles. The summed E-state index contributed by atoms with van der Waals surface area (Å²) in [6, 6.07) is 67.1. The number of benzene rings is 9. The molecule has 0 saturated carbocycles. The molecule has 0 N–H and O–H groups in total. The van der Waals surface area contributed by atoms with Crippen LogP contribution >= 0.6 is 11.3 Å². The number of para-hydroxylation sites is 1. The fraction of sp³-hybridized carbons (Fsp3) is 0. The van der Waals surface area contributed by atoms with Crippen LogP contribution in [0.4, 0.5) is 17.1 Å². The highest BCUT2D eigenvalue weighted by atomic mass is 32.1. The van der Waals surface area contributed by atoms with Gasteiger partial charge in [-0.25, -0.2) is 0 Å². The minimum atomic E-state index is 0.865. The predicted molar refractivity (Wildman–Crippen MR) is 237 cm³/mol. The van der Waals surface area contributed by atoms with Crippen molar-refractivity contribution < 1.29 is 8.83 Å². The second-order valence-electron chi connectivity index (χ2n) is 14.4. The summed E-state index contributed by atoms with van der Waals surface area (Å²) < 4.78 is 15.7. The third-order valence-electron chi connectivity index (χ3n) is 11.3. The first-order chi connectivity index (χ1) is 27.8. The Morgan fingerprint density at radius 3 is 1.84 bits per heavy atom. The Kier molecular flexibility index (Phi) is 6.80. The molecular formula is C52H31NO2S. The zero-order chi connectivity index (χ0) is 36.7. The topological polar surface area (TPSA) is 29.5 Å². The van der Waals surface area contributed by atoms with Gasteiger partial charge in [-0.15, -0.1) is 11.3 Å². The van der Waals surface area contributed by atoms with Gasteiger partial charge in [-0.1, -0.05) is 121 Å². The van der Waals surface area contributed by atoms with Gasteiger partial charge >= 0.3 is 0 Å². The maximum absolute atomic E-state index is 6.67. The van der Waals surface area contributed by atoms with Crippen molar-refractivity contribution in [1.29, 1.82) is 0 Å². The maximum atomic E-state index is 6.67. The van der Waals surface area contributed by atoms with E-state index in [1.54, 1.807) is 0 Å². The first kappa shape index (κ1) is 31.2. The fourth-order valence-electron chi connectivity index (χ4n) is 8.70. The van der Waals surface area contributed by atoms with Gasteiger partial charge in [-0.2, -0.15) is 0 Å². The number of anilines is 3. The number of hydrogen-bond acceptors (Lipinski definition) is 4. The molecule has 0 fully saturated rings. The van der Waals surface area contributed by atoms with Gasteiger partial charge in [0.15, 0.2) is 0 Å². The van der Waals surface area contributed by atoms with Gasteiger partial charge in [0.1, 0.15) is 22.3 Å². The van der Waals surface area contributed by atoms with Gasteiger partial charge in [-0.3, -0.25) is 0 Å². The highest BCUT2D eigenvalue weighted by molar-refractivity contribution is 7.26. The van der Waals surface area contributed by atoms with Crippen LogP contribution in [-0.2, 0) is 0 Å². The largest absolute Gasteiger partial charge is 0.455 e. The molecule has 0 aliphatic heterocycles. The number of furan rings is 2. The van der Waals surface area contributed by atoms with Crippen molar-refractivity contribution >= 4 is 103 Å². The first-order valence-electron chi connectivity index (χ1n) is 18.9. The van der Waals surface area contributed by atoms with E-state index in [1.165, 1.54) is 42.2 Å². The molecule has 0 unspecified atom stereocenters. The second kappa shape index (κ2) is 12.2. The van der Waals surface area contributed by atoms with Crippen LogP contribution in [0, 0.1) is 0 Å². The second-order valence-corrected chi connectivity index (χ2v) is 15.5. The molecule has 0 radical (unpaired) electrons. The molecule has 0 bridgehead atoms. The maximum Gasteiger partial charge on any atom is 0.144 e. The Bertz CT molecular complexity index is 3460. The summed E-state index contributed by atoms with van der Waals surface area (Å²) in [6.45, 7) is 0. The Labute approximate surface area is 325 Å². The quantitative estimate of drug-likeness (QED) is 0.176. The molecule has 9 aromatic carbocycles. The van der Waals surface area contributed by atoms with Gasteiger partial charge in [0.2, 0.25) is 0 Å². The van der Waals surface area contributed by atoms with Gasteiger partial charge in [0.05, 0.1) is 11.1 Å². The summed E-state index contributed by atoms with van der Waals surface area (Å²) in [7, 11) is 0. The number of nitrogens with zero attached hydrogens (tertiary/aromatic N) is 1. The number of thiophene rings is 1. The molecule has 3 nitrogen and oxygen atoms in total. The van der Waals surface area contributed by atoms with Crippen LogP contribution in [0.15, 0.2) is 197 Å². The normalized spacial score (nSPS) is 11.9. The summed E-state index contributed by atoms with van der Waals surface area (Å²) in [5.41, 5.74) is 11.6. The molecule has 0 amide bonds. The van der Waals surface area contributed by atoms with Crippen molar-refractivity contribution in [1.82, 2.24) is 0 Å². The lowest BCUT2D eigenvalue weighted by molar-refractivity contribution is 0.672. The fourth-order valence-corrected chi connectivity index (χ4v) is 9.83. The van der Waals surface area contributed by atoms with Gasteiger partial charge in [-0.05, 0) is 94.4 Å². The van der Waals surface area contributed by atoms with E-state index in [4.69, 9.17) is 8.83 Å². The SMILES string of the molecule is c1ccc(-c2ccc(N(c3ccc(-c4cccc5sc6ccc7c8ccccc8oc7c6c45)cc3)c3cccc4oc5c6ccccc6ccc5c34)cc2)cc1. The van der Waals surface area contributed by atoms with Crippen molar-refractivity contribution in [2.24, 2.45) is 0 Å². The van der Waals surface area contributed by atoms with E-state index in [0.29, 0.717) is 0 Å². The minimum absolute atomic E-state index is 0.865. The number of hydrogen-bond donors (Lipinski definition) is 0. The molecule has 0 aliphatic carbocycles. The van der Waals surface area contributed by atoms with E-state index >= 15 is 0 Å². The molecule has 0 aliphatic rings. The Morgan fingerprint density at radius 2 is 1.00 bits per heavy atom. The molecule has 56 heavy (non-hydrogen) atoms. The Balaban J connectivity index is 1.05. The highest BCUT2D eigenvalue weighted by Gasteiger charge is 2.22. The van der Waals surface area contributed by atoms with Crippen molar-refractivity contribution in [3.05, 3.63) is 188 Å². The van der Waals surface area contributed by atoms with Gasteiger partial charge < -0.3 is 13.7 Å². The van der Waals surface area contributed by atoms with E-state index in [-0.39, 0.29) is 0 Å². The standard InChI is InChI=1S/C52H31NO2S/c1-2-10-32(11-3-1)33-20-25-36(26-21-33)53(43-16-9-18-45-48(43)42-29-24-34-12-4-5-13-39(34)51(42)55-45)37-27-22-35(23-28-37)38-15-8-19-46-49(38)50-47(56-46)31-30-41-40-14-6-7-17-44(40)54-52(41)50/h1-31H. The zero-order valence-electron chi connectivity index (χ0n) is 30.1. The Hall–Kier alpha value is -7.14. The van der Waals surface area contributed by atoms with Crippen LogP contribution in [-0.4, -0.2) is 0 Å². The smallest absolute Gasteiger partial charge is 0.144 e. The van der Waals surface area contributed by atoms with E-state index in [0.717, 1.165) is 71.9 Å². The summed E-state index contributed by atoms with van der Waals surface area (Å²) in [5, 5.41) is 9.20. The van der Waals surface area contributed by atoms with Crippen molar-refractivity contribution in [2.45, 2.75) is 0 Å². The van der Waals surface area contributed by atoms with Crippen LogP contribution in [0.1, 0.15) is 0 Å². The van der Waals surface area contributed by atoms with E-state index < -0.39 is 0 Å². The summed E-state index contributed by atoms with van der Waals surface area (Å²) in [5.74, 6) is 0. The first-order valence-corrected chi connectivity index (χ1v) is 19.7. The van der Waals surface area contributed by atoms with E-state index in [2.05, 4.69) is 187 Å². The van der Waals surface area contributed by atoms with Gasteiger partial charge in [0.25, 0.3) is 0 Å². The minimum Gasteiger partial charge on any atom is -0.455 e. The molecule has 3 aromatic heterocycles. The molecule has 262 valence electrons. The molecule has 0 atom stereocenters. The van der Waals surface area contributed by atoms with Crippen LogP contribution in [0.5, 0.6) is 0 Å². The monoisotopic (exact) mass is 733 g/mol. The van der Waals surface area contributed by atoms with Crippen molar-refractivity contribution in [3.63, 3.8) is 0 Å². The van der Waals surface area contributed by atoms with Crippen LogP contribution in [0.3, 0.4) is 0 Å². The highest BCUT2D eigenvalue weighted by Crippen LogP contribution is 2.47. The van der Waals surface area contributed by atoms with Crippen LogP contribution in [0.2, 0.25) is 0 Å². The van der Waals surface area contributed by atoms with Gasteiger partial charge in [0, 0.05) is 53.1 Å². The van der Waals surface area contributed by atoms with E-state index in [1.807, 2.05) is 17.4 Å². The summed E-state index contributed by atoms with van der Waals surface area (Å²) in [4.78, 5) is 2.36. The van der Waals surface area contributed by atoms with E-state index in [9.17, 15) is 0 Å². The lowest BCUT2D eigenvalue weighted by Gasteiger charge is -2.26. The Morgan fingerprint density at radius 1 is 0.357 bits per heavy atom. The number of fused-ring (bicyclic) bond motifs is 12. The zero-order valence-corrected chi connectivity index (χ0v) is 30.9. The molecular weight excluding hydrogens is 703 g/mol. The third-order valence-corrected chi connectivity index (χ3v) is 12.4.